The summed E-state index contributed by atoms with van der Waals surface area (Å²) < 4.78 is 27.6. The first-order valence-corrected chi connectivity index (χ1v) is 12.7. The highest BCUT2D eigenvalue weighted by Crippen LogP contribution is 2.52. The average molecular weight is 466 g/mol. The Labute approximate surface area is 193 Å². The van der Waals surface area contributed by atoms with E-state index in [4.69, 9.17) is 14.5 Å². The van der Waals surface area contributed by atoms with Gasteiger partial charge in [-0.3, -0.25) is 4.98 Å². The molecule has 3 aliphatic rings. The Kier molecular flexibility index (Phi) is 7.03. The Hall–Kier alpha value is -1.39. The van der Waals surface area contributed by atoms with Crippen LogP contribution in [0.3, 0.4) is 0 Å². The average Bonchev–Trinajstić information content (AvgIpc) is 3.04. The Morgan fingerprint density at radius 2 is 2.12 bits per heavy atom. The van der Waals surface area contributed by atoms with Crippen LogP contribution in [-0.2, 0) is 33.9 Å². The van der Waals surface area contributed by atoms with Gasteiger partial charge in [0.1, 0.15) is 4.75 Å². The molecule has 1 aromatic rings. The van der Waals surface area contributed by atoms with Crippen LogP contribution in [0, 0.1) is 5.41 Å². The number of carbonyl (C=O) groups is 1. The molecular weight excluding hydrogens is 430 g/mol. The molecule has 2 N–H and O–H groups in total. The first-order chi connectivity index (χ1) is 15.2. The van der Waals surface area contributed by atoms with Crippen LogP contribution in [0.5, 0.6) is 0 Å². The molecule has 1 amide bonds. The second-order valence-electron chi connectivity index (χ2n) is 10.2. The van der Waals surface area contributed by atoms with Crippen molar-refractivity contribution in [2.24, 2.45) is 5.41 Å². The molecule has 1 aliphatic carbocycles. The molecule has 0 bridgehead atoms. The fraction of sp³-hybridized carbons (Fsp3) is 0.739. The molecule has 3 heterocycles. The molecule has 8 nitrogen and oxygen atoms in total. The lowest BCUT2D eigenvalue weighted by atomic mass is 9.73. The Morgan fingerprint density at radius 1 is 1.38 bits per heavy atom. The van der Waals surface area contributed by atoms with E-state index in [0.717, 1.165) is 62.1 Å². The standard InChI is InChI=1S/C23H35N3O5S/c1-22(2,3)32(29)25-20-17-8-7-16(15-31-19-6-4-5-13-30-19)24-18(17)14-23(20)9-11-26(12-10-23)21(27)28/h7-8,19-20,25H,4-6,9-15H2,1-3H3,(H,27,28)/t19?,20-,32?/m1/s1. The summed E-state index contributed by atoms with van der Waals surface area (Å²) in [6.07, 6.45) is 4.28. The van der Waals surface area contributed by atoms with Gasteiger partial charge in [0.05, 0.1) is 18.3 Å². The molecular formula is C23H35N3O5S. The minimum absolute atomic E-state index is 0.113. The second-order valence-corrected chi connectivity index (χ2v) is 12.2. The number of ether oxygens (including phenoxy) is 2. The second kappa shape index (κ2) is 9.46. The molecule has 2 aliphatic heterocycles. The van der Waals surface area contributed by atoms with Crippen LogP contribution in [0.25, 0.3) is 0 Å². The number of fused-ring (bicyclic) bond motifs is 1. The number of pyridine rings is 1. The number of aromatic nitrogens is 1. The van der Waals surface area contributed by atoms with Crippen molar-refractivity contribution in [3.8, 4) is 0 Å². The quantitative estimate of drug-likeness (QED) is 0.641. The first-order valence-electron chi connectivity index (χ1n) is 11.6. The molecule has 0 saturated carbocycles. The summed E-state index contributed by atoms with van der Waals surface area (Å²) in [7, 11) is 0. The molecule has 2 saturated heterocycles. The van der Waals surface area contributed by atoms with Gasteiger partial charge in [0.2, 0.25) is 0 Å². The fourth-order valence-corrected chi connectivity index (χ4v) is 5.85. The monoisotopic (exact) mass is 465 g/mol. The maximum atomic E-state index is 13.0. The van der Waals surface area contributed by atoms with E-state index in [1.807, 2.05) is 26.8 Å². The first kappa shape index (κ1) is 23.8. The van der Waals surface area contributed by atoms with Gasteiger partial charge in [-0.05, 0) is 70.9 Å². The van der Waals surface area contributed by atoms with E-state index in [-0.39, 0.29) is 17.7 Å². The van der Waals surface area contributed by atoms with E-state index < -0.39 is 22.2 Å². The summed E-state index contributed by atoms with van der Waals surface area (Å²) in [6, 6.07) is 3.96. The highest BCUT2D eigenvalue weighted by atomic mass is 32.2. The predicted molar refractivity (Wildman–Crippen MR) is 121 cm³/mol. The number of nitrogens with zero attached hydrogens (tertiary/aromatic N) is 2. The zero-order chi connectivity index (χ0) is 22.9. The molecule has 32 heavy (non-hydrogen) atoms. The fourth-order valence-electron chi connectivity index (χ4n) is 4.91. The number of nitrogens with one attached hydrogen (secondary N) is 1. The molecule has 178 valence electrons. The molecule has 4 rings (SSSR count). The summed E-state index contributed by atoms with van der Waals surface area (Å²) in [5.74, 6) is 0. The lowest BCUT2D eigenvalue weighted by molar-refractivity contribution is -0.169. The van der Waals surface area contributed by atoms with Gasteiger partial charge >= 0.3 is 6.09 Å². The number of amides is 1. The van der Waals surface area contributed by atoms with Crippen molar-refractivity contribution < 1.29 is 23.9 Å². The molecule has 3 atom stereocenters. The number of carboxylic acid groups (broad SMARTS) is 1. The van der Waals surface area contributed by atoms with Gasteiger partial charge in [-0.1, -0.05) is 6.07 Å². The number of hydrogen-bond acceptors (Lipinski definition) is 6. The Balaban J connectivity index is 1.53. The largest absolute Gasteiger partial charge is 0.598 e. The van der Waals surface area contributed by atoms with Crippen LogP contribution in [0.4, 0.5) is 4.79 Å². The molecule has 2 fully saturated rings. The van der Waals surface area contributed by atoms with E-state index in [2.05, 4.69) is 10.8 Å². The molecule has 1 aromatic heterocycles. The van der Waals surface area contributed by atoms with Gasteiger partial charge in [-0.15, -0.1) is 4.72 Å². The molecule has 0 radical (unpaired) electrons. The lowest BCUT2D eigenvalue weighted by Crippen LogP contribution is -2.50. The molecule has 1 spiro atoms. The molecule has 2 unspecified atom stereocenters. The summed E-state index contributed by atoms with van der Waals surface area (Å²) in [6.45, 7) is 7.99. The van der Waals surface area contributed by atoms with Crippen LogP contribution in [-0.4, -0.2) is 56.4 Å². The SMILES string of the molecule is CC(C)(C)[S+]([O-])N[C@@H]1c2ccc(COC3CCCCO3)nc2CC12CCN(C(=O)O)CC2. The summed E-state index contributed by atoms with van der Waals surface area (Å²) in [4.78, 5) is 17.8. The van der Waals surface area contributed by atoms with Crippen molar-refractivity contribution in [2.75, 3.05) is 19.7 Å². The summed E-state index contributed by atoms with van der Waals surface area (Å²) >= 11 is -1.24. The number of rotatable bonds is 5. The van der Waals surface area contributed by atoms with E-state index in [9.17, 15) is 14.5 Å². The minimum atomic E-state index is -1.24. The maximum Gasteiger partial charge on any atom is 0.407 e. The lowest BCUT2D eigenvalue weighted by Gasteiger charge is -2.42. The van der Waals surface area contributed by atoms with Crippen LogP contribution >= 0.6 is 0 Å². The highest BCUT2D eigenvalue weighted by molar-refractivity contribution is 7.90. The minimum Gasteiger partial charge on any atom is -0.598 e. The van der Waals surface area contributed by atoms with E-state index in [1.54, 1.807) is 0 Å². The number of piperidine rings is 1. The Morgan fingerprint density at radius 3 is 2.75 bits per heavy atom. The van der Waals surface area contributed by atoms with Crippen molar-refractivity contribution in [3.05, 3.63) is 29.1 Å². The smallest absolute Gasteiger partial charge is 0.407 e. The van der Waals surface area contributed by atoms with E-state index in [0.29, 0.717) is 19.7 Å². The number of likely N-dealkylation sites (tertiary alicyclic amines) is 1. The van der Waals surface area contributed by atoms with E-state index >= 15 is 0 Å². The topological polar surface area (TPSA) is 107 Å². The van der Waals surface area contributed by atoms with Crippen molar-refractivity contribution in [1.29, 1.82) is 0 Å². The predicted octanol–water partition coefficient (Wildman–Crippen LogP) is 3.53. The maximum absolute atomic E-state index is 13.0. The van der Waals surface area contributed by atoms with Crippen LogP contribution in [0.1, 0.15) is 75.9 Å². The van der Waals surface area contributed by atoms with Gasteiger partial charge in [0, 0.05) is 42.2 Å². The van der Waals surface area contributed by atoms with Gasteiger partial charge in [-0.25, -0.2) is 4.79 Å². The van der Waals surface area contributed by atoms with Gasteiger partial charge in [0.15, 0.2) is 6.29 Å². The molecule has 0 aromatic carbocycles. The van der Waals surface area contributed by atoms with Gasteiger partial charge in [0.25, 0.3) is 0 Å². The normalized spacial score (nSPS) is 26.2. The van der Waals surface area contributed by atoms with Gasteiger partial charge in [-0.2, -0.15) is 0 Å². The van der Waals surface area contributed by atoms with Crippen molar-refractivity contribution in [2.45, 2.75) is 83.0 Å². The molecule has 9 heteroatoms. The van der Waals surface area contributed by atoms with Gasteiger partial charge < -0.3 is 24.0 Å². The van der Waals surface area contributed by atoms with Crippen LogP contribution in [0.2, 0.25) is 0 Å². The zero-order valence-corrected chi connectivity index (χ0v) is 20.1. The number of hydrogen-bond donors (Lipinski definition) is 2. The third-order valence-electron chi connectivity index (χ3n) is 6.88. The third kappa shape index (κ3) is 5.07. The van der Waals surface area contributed by atoms with Crippen LogP contribution < -0.4 is 4.72 Å². The van der Waals surface area contributed by atoms with E-state index in [1.165, 1.54) is 4.90 Å². The van der Waals surface area contributed by atoms with Crippen molar-refractivity contribution in [3.63, 3.8) is 0 Å². The summed E-state index contributed by atoms with van der Waals surface area (Å²) in [5, 5.41) is 9.39. The third-order valence-corrected chi connectivity index (χ3v) is 8.44. The van der Waals surface area contributed by atoms with Crippen molar-refractivity contribution >= 4 is 17.5 Å². The van der Waals surface area contributed by atoms with Crippen LogP contribution in [0.15, 0.2) is 12.1 Å². The van der Waals surface area contributed by atoms with Crippen molar-refractivity contribution in [1.82, 2.24) is 14.6 Å². The zero-order valence-electron chi connectivity index (χ0n) is 19.3. The Bertz CT molecular complexity index is 816. The summed E-state index contributed by atoms with van der Waals surface area (Å²) in [5.41, 5.74) is 2.76. The highest BCUT2D eigenvalue weighted by Gasteiger charge is 2.51.